The Bertz CT molecular complexity index is 534. The van der Waals surface area contributed by atoms with Crippen molar-refractivity contribution in [2.24, 2.45) is 0 Å². The second-order valence-electron chi connectivity index (χ2n) is 4.50. The summed E-state index contributed by atoms with van der Waals surface area (Å²) in [5.41, 5.74) is -0.413. The average Bonchev–Trinajstić information content (AvgIpc) is 2.47. The van der Waals surface area contributed by atoms with Crippen LogP contribution >= 0.6 is 0 Å². The quantitative estimate of drug-likeness (QED) is 0.439. The van der Waals surface area contributed by atoms with Gasteiger partial charge in [0, 0.05) is 13.1 Å². The molecule has 0 aliphatic rings. The lowest BCUT2D eigenvalue weighted by atomic mass is 10.1. The SMILES string of the molecule is CCCCN(CC)c1cc(C(=O)OC)c(F)cc1[N+](=O)[O-]. The Labute approximate surface area is 122 Å². The lowest BCUT2D eigenvalue weighted by Gasteiger charge is -2.23. The Balaban J connectivity index is 3.37. The summed E-state index contributed by atoms with van der Waals surface area (Å²) in [5, 5.41) is 11.1. The predicted molar refractivity (Wildman–Crippen MR) is 77.2 cm³/mol. The highest BCUT2D eigenvalue weighted by Crippen LogP contribution is 2.31. The highest BCUT2D eigenvalue weighted by atomic mass is 19.1. The first-order valence-electron chi connectivity index (χ1n) is 6.77. The molecule has 1 rings (SSSR count). The average molecular weight is 298 g/mol. The predicted octanol–water partition coefficient (Wildman–Crippen LogP) is 3.15. The summed E-state index contributed by atoms with van der Waals surface area (Å²) >= 11 is 0. The molecule has 0 bridgehead atoms. The van der Waals surface area contributed by atoms with Crippen LogP contribution in [0, 0.1) is 15.9 Å². The summed E-state index contributed by atoms with van der Waals surface area (Å²) < 4.78 is 18.3. The number of nitro benzene ring substituents is 1. The van der Waals surface area contributed by atoms with E-state index in [0.717, 1.165) is 26.0 Å². The Morgan fingerprint density at radius 1 is 1.43 bits per heavy atom. The fourth-order valence-electron chi connectivity index (χ4n) is 2.02. The molecular formula is C14H19FN2O4. The van der Waals surface area contributed by atoms with Crippen LogP contribution in [0.2, 0.25) is 0 Å². The molecule has 0 heterocycles. The highest BCUT2D eigenvalue weighted by Gasteiger charge is 2.25. The molecule has 6 nitrogen and oxygen atoms in total. The second-order valence-corrected chi connectivity index (χ2v) is 4.50. The molecule has 0 aliphatic heterocycles. The molecular weight excluding hydrogens is 279 g/mol. The number of nitrogens with zero attached hydrogens (tertiary/aromatic N) is 2. The number of nitro groups is 1. The van der Waals surface area contributed by atoms with Crippen LogP contribution in [-0.4, -0.2) is 31.1 Å². The van der Waals surface area contributed by atoms with E-state index in [9.17, 15) is 19.3 Å². The van der Waals surface area contributed by atoms with Crippen LogP contribution in [0.1, 0.15) is 37.0 Å². The lowest BCUT2D eigenvalue weighted by Crippen LogP contribution is -2.25. The van der Waals surface area contributed by atoms with Crippen LogP contribution in [0.15, 0.2) is 12.1 Å². The van der Waals surface area contributed by atoms with Gasteiger partial charge in [-0.2, -0.15) is 0 Å². The molecule has 7 heteroatoms. The number of anilines is 1. The van der Waals surface area contributed by atoms with E-state index in [2.05, 4.69) is 4.74 Å². The molecule has 0 atom stereocenters. The van der Waals surface area contributed by atoms with Crippen molar-refractivity contribution in [1.29, 1.82) is 0 Å². The summed E-state index contributed by atoms with van der Waals surface area (Å²) in [4.78, 5) is 23.8. The Kier molecular flexibility index (Phi) is 6.08. The van der Waals surface area contributed by atoms with Gasteiger partial charge in [-0.3, -0.25) is 10.1 Å². The number of esters is 1. The summed E-state index contributed by atoms with van der Waals surface area (Å²) in [5.74, 6) is -1.81. The van der Waals surface area contributed by atoms with Crippen LogP contribution in [0.25, 0.3) is 0 Å². The Morgan fingerprint density at radius 2 is 2.10 bits per heavy atom. The van der Waals surface area contributed by atoms with Gasteiger partial charge in [0.25, 0.3) is 5.69 Å². The van der Waals surface area contributed by atoms with Crippen molar-refractivity contribution in [3.63, 3.8) is 0 Å². The van der Waals surface area contributed by atoms with Gasteiger partial charge in [-0.1, -0.05) is 13.3 Å². The first kappa shape index (κ1) is 16.9. The van der Waals surface area contributed by atoms with E-state index in [-0.39, 0.29) is 16.9 Å². The van der Waals surface area contributed by atoms with Gasteiger partial charge < -0.3 is 9.64 Å². The van der Waals surface area contributed by atoms with Gasteiger partial charge in [-0.25, -0.2) is 9.18 Å². The van der Waals surface area contributed by atoms with Crippen molar-refractivity contribution in [3.05, 3.63) is 33.6 Å². The molecule has 0 fully saturated rings. The number of hydrogen-bond donors (Lipinski definition) is 0. The molecule has 0 unspecified atom stereocenters. The van der Waals surface area contributed by atoms with Crippen LogP contribution < -0.4 is 4.90 Å². The van der Waals surface area contributed by atoms with Crippen molar-refractivity contribution in [1.82, 2.24) is 0 Å². The van der Waals surface area contributed by atoms with Crippen molar-refractivity contribution in [3.8, 4) is 0 Å². The normalized spacial score (nSPS) is 10.3. The highest BCUT2D eigenvalue weighted by molar-refractivity contribution is 5.92. The van der Waals surface area contributed by atoms with Crippen molar-refractivity contribution >= 4 is 17.3 Å². The molecule has 0 saturated carbocycles. The fraction of sp³-hybridized carbons (Fsp3) is 0.500. The number of hydrogen-bond acceptors (Lipinski definition) is 5. The number of benzene rings is 1. The van der Waals surface area contributed by atoms with E-state index in [1.165, 1.54) is 6.07 Å². The van der Waals surface area contributed by atoms with E-state index < -0.39 is 16.7 Å². The number of halogens is 1. The maximum atomic E-state index is 13.8. The number of carbonyl (C=O) groups excluding carboxylic acids is 1. The van der Waals surface area contributed by atoms with Gasteiger partial charge in [-0.15, -0.1) is 0 Å². The molecule has 0 spiro atoms. The fourth-order valence-corrected chi connectivity index (χ4v) is 2.02. The topological polar surface area (TPSA) is 72.7 Å². The molecule has 1 aromatic carbocycles. The lowest BCUT2D eigenvalue weighted by molar-refractivity contribution is -0.384. The zero-order valence-corrected chi connectivity index (χ0v) is 12.4. The van der Waals surface area contributed by atoms with Crippen LogP contribution in [0.5, 0.6) is 0 Å². The van der Waals surface area contributed by atoms with Gasteiger partial charge in [-0.05, 0) is 19.4 Å². The Hall–Kier alpha value is -2.18. The second kappa shape index (κ2) is 7.56. The van der Waals surface area contributed by atoms with Gasteiger partial charge in [0.1, 0.15) is 11.5 Å². The Morgan fingerprint density at radius 3 is 2.57 bits per heavy atom. The third kappa shape index (κ3) is 3.90. The molecule has 0 aromatic heterocycles. The smallest absolute Gasteiger partial charge is 0.340 e. The maximum absolute atomic E-state index is 13.8. The summed E-state index contributed by atoms with van der Waals surface area (Å²) in [6.45, 7) is 4.97. The molecule has 116 valence electrons. The van der Waals surface area contributed by atoms with Gasteiger partial charge >= 0.3 is 5.97 Å². The van der Waals surface area contributed by atoms with Crippen LogP contribution in [-0.2, 0) is 4.74 Å². The standard InChI is InChI=1S/C14H19FN2O4/c1-4-6-7-16(5-2)12-8-10(14(18)21-3)11(15)9-13(12)17(19)20/h8-9H,4-7H2,1-3H3. The molecule has 0 N–H and O–H groups in total. The monoisotopic (exact) mass is 298 g/mol. The van der Waals surface area contributed by atoms with Gasteiger partial charge in [0.05, 0.1) is 23.7 Å². The van der Waals surface area contributed by atoms with Crippen LogP contribution in [0.3, 0.4) is 0 Å². The van der Waals surface area contributed by atoms with E-state index in [4.69, 9.17) is 0 Å². The van der Waals surface area contributed by atoms with E-state index >= 15 is 0 Å². The summed E-state index contributed by atoms with van der Waals surface area (Å²) in [6.07, 6.45) is 1.77. The van der Waals surface area contributed by atoms with Gasteiger partial charge in [0.2, 0.25) is 0 Å². The minimum absolute atomic E-state index is 0.234. The third-order valence-electron chi connectivity index (χ3n) is 3.17. The van der Waals surface area contributed by atoms with Crippen LogP contribution in [0.4, 0.5) is 15.8 Å². The molecule has 0 saturated heterocycles. The summed E-state index contributed by atoms with van der Waals surface area (Å²) in [6, 6.07) is 1.97. The zero-order valence-electron chi connectivity index (χ0n) is 12.4. The van der Waals surface area contributed by atoms with E-state index in [0.29, 0.717) is 13.1 Å². The number of carbonyl (C=O) groups is 1. The number of methoxy groups -OCH3 is 1. The first-order valence-corrected chi connectivity index (χ1v) is 6.77. The minimum Gasteiger partial charge on any atom is -0.465 e. The van der Waals surface area contributed by atoms with E-state index in [1.807, 2.05) is 13.8 Å². The first-order chi connectivity index (χ1) is 9.96. The molecule has 0 amide bonds. The molecule has 1 aromatic rings. The van der Waals surface area contributed by atoms with E-state index in [1.54, 1.807) is 4.90 Å². The molecule has 0 aliphatic carbocycles. The zero-order chi connectivity index (χ0) is 16.0. The minimum atomic E-state index is -0.955. The molecule has 21 heavy (non-hydrogen) atoms. The number of unbranched alkanes of at least 4 members (excludes halogenated alkanes) is 1. The number of rotatable bonds is 7. The summed E-state index contributed by atoms with van der Waals surface area (Å²) in [7, 11) is 1.14. The van der Waals surface area contributed by atoms with Crippen molar-refractivity contribution < 1.29 is 18.8 Å². The van der Waals surface area contributed by atoms with Crippen molar-refractivity contribution in [2.45, 2.75) is 26.7 Å². The largest absolute Gasteiger partial charge is 0.465 e. The third-order valence-corrected chi connectivity index (χ3v) is 3.17. The van der Waals surface area contributed by atoms with Crippen molar-refractivity contribution in [2.75, 3.05) is 25.1 Å². The van der Waals surface area contributed by atoms with Gasteiger partial charge in [0.15, 0.2) is 0 Å². The molecule has 0 radical (unpaired) electrons. The number of ether oxygens (including phenoxy) is 1. The maximum Gasteiger partial charge on any atom is 0.340 e.